The van der Waals surface area contributed by atoms with Crippen LogP contribution in [0.3, 0.4) is 0 Å². The van der Waals surface area contributed by atoms with Crippen LogP contribution >= 0.6 is 0 Å². The first kappa shape index (κ1) is 19.5. The summed E-state index contributed by atoms with van der Waals surface area (Å²) in [5.74, 6) is -0.397. The van der Waals surface area contributed by atoms with Gasteiger partial charge in [0.25, 0.3) is 5.91 Å². The minimum atomic E-state index is -3.59. The number of para-hydroxylation sites is 1. The second-order valence-corrected chi connectivity index (χ2v) is 9.16. The second kappa shape index (κ2) is 7.78. The second-order valence-electron chi connectivity index (χ2n) is 7.23. The van der Waals surface area contributed by atoms with E-state index in [-0.39, 0.29) is 16.1 Å². The summed E-state index contributed by atoms with van der Waals surface area (Å²) in [5, 5.41) is 2.49. The zero-order valence-electron chi connectivity index (χ0n) is 15.4. The molecule has 144 valence electrons. The molecule has 1 heterocycles. The van der Waals surface area contributed by atoms with Gasteiger partial charge in [0.2, 0.25) is 10.0 Å². The molecule has 1 aliphatic rings. The molecule has 0 spiro atoms. The number of piperidine rings is 1. The van der Waals surface area contributed by atoms with E-state index in [0.717, 1.165) is 6.42 Å². The number of amides is 1. The lowest BCUT2D eigenvalue weighted by Crippen LogP contribution is -2.42. The number of hydrogen-bond donors (Lipinski definition) is 1. The molecule has 27 heavy (non-hydrogen) atoms. The average Bonchev–Trinajstić information content (AvgIpc) is 2.63. The SMILES string of the molecule is CC1CC(C)CN(S(=O)(=O)c2ccc(C(=O)Nc3ccccc3F)cc2)C1. The number of nitrogens with zero attached hydrogens (tertiary/aromatic N) is 1. The number of halogens is 1. The normalized spacial score (nSPS) is 21.0. The first-order chi connectivity index (χ1) is 12.8. The molecular weight excluding hydrogens is 367 g/mol. The van der Waals surface area contributed by atoms with Crippen LogP contribution in [-0.4, -0.2) is 31.7 Å². The van der Waals surface area contributed by atoms with Gasteiger partial charge in [-0.2, -0.15) is 4.31 Å². The lowest BCUT2D eigenvalue weighted by Gasteiger charge is -2.34. The van der Waals surface area contributed by atoms with E-state index < -0.39 is 21.7 Å². The van der Waals surface area contributed by atoms with Crippen LogP contribution in [0.4, 0.5) is 10.1 Å². The lowest BCUT2D eigenvalue weighted by molar-refractivity contribution is 0.102. The summed E-state index contributed by atoms with van der Waals surface area (Å²) < 4.78 is 40.9. The van der Waals surface area contributed by atoms with E-state index in [2.05, 4.69) is 5.32 Å². The highest BCUT2D eigenvalue weighted by Crippen LogP contribution is 2.27. The molecule has 2 atom stereocenters. The fourth-order valence-corrected chi connectivity index (χ4v) is 5.17. The van der Waals surface area contributed by atoms with Gasteiger partial charge in [0, 0.05) is 18.7 Å². The summed E-state index contributed by atoms with van der Waals surface area (Å²) in [6.07, 6.45) is 1.02. The molecule has 0 aromatic heterocycles. The van der Waals surface area contributed by atoms with Crippen molar-refractivity contribution in [1.29, 1.82) is 0 Å². The molecule has 0 radical (unpaired) electrons. The molecule has 0 saturated carbocycles. The monoisotopic (exact) mass is 390 g/mol. The first-order valence-electron chi connectivity index (χ1n) is 8.93. The summed E-state index contributed by atoms with van der Waals surface area (Å²) in [4.78, 5) is 12.4. The Hall–Kier alpha value is -2.25. The molecule has 7 heteroatoms. The van der Waals surface area contributed by atoms with Crippen LogP contribution < -0.4 is 5.32 Å². The van der Waals surface area contributed by atoms with Crippen LogP contribution in [0.5, 0.6) is 0 Å². The predicted octanol–water partition coefficient (Wildman–Crippen LogP) is 3.74. The Morgan fingerprint density at radius 3 is 2.22 bits per heavy atom. The Morgan fingerprint density at radius 2 is 1.63 bits per heavy atom. The van der Waals surface area contributed by atoms with Gasteiger partial charge >= 0.3 is 0 Å². The van der Waals surface area contributed by atoms with E-state index in [1.165, 1.54) is 46.8 Å². The number of carbonyl (C=O) groups excluding carboxylic acids is 1. The maximum absolute atomic E-state index is 13.7. The van der Waals surface area contributed by atoms with Crippen LogP contribution in [-0.2, 0) is 10.0 Å². The van der Waals surface area contributed by atoms with E-state index in [4.69, 9.17) is 0 Å². The zero-order valence-corrected chi connectivity index (χ0v) is 16.2. The van der Waals surface area contributed by atoms with E-state index in [9.17, 15) is 17.6 Å². The standard InChI is InChI=1S/C20H23FN2O3S/c1-14-11-15(2)13-23(12-14)27(25,26)17-9-7-16(8-10-17)20(24)22-19-6-4-3-5-18(19)21/h3-10,14-15H,11-13H2,1-2H3,(H,22,24). The van der Waals surface area contributed by atoms with Gasteiger partial charge < -0.3 is 5.32 Å². The molecule has 2 aromatic rings. The summed E-state index contributed by atoms with van der Waals surface area (Å²) in [6.45, 7) is 5.10. The highest BCUT2D eigenvalue weighted by molar-refractivity contribution is 7.89. The van der Waals surface area contributed by atoms with Crippen LogP contribution in [0.2, 0.25) is 0 Å². The van der Waals surface area contributed by atoms with Gasteiger partial charge in [0.1, 0.15) is 5.82 Å². The quantitative estimate of drug-likeness (QED) is 0.865. The Kier molecular flexibility index (Phi) is 5.62. The van der Waals surface area contributed by atoms with Crippen molar-refractivity contribution in [3.8, 4) is 0 Å². The highest BCUT2D eigenvalue weighted by Gasteiger charge is 2.31. The maximum Gasteiger partial charge on any atom is 0.255 e. The Balaban J connectivity index is 1.76. The topological polar surface area (TPSA) is 66.5 Å². The fourth-order valence-electron chi connectivity index (χ4n) is 3.49. The lowest BCUT2D eigenvalue weighted by atomic mass is 9.94. The Bertz CT molecular complexity index is 918. The van der Waals surface area contributed by atoms with Crippen molar-refractivity contribution in [2.75, 3.05) is 18.4 Å². The third kappa shape index (κ3) is 4.36. The molecule has 1 fully saturated rings. The molecule has 2 unspecified atom stereocenters. The van der Waals surface area contributed by atoms with Gasteiger partial charge in [-0.3, -0.25) is 4.79 Å². The van der Waals surface area contributed by atoms with E-state index in [0.29, 0.717) is 24.9 Å². The van der Waals surface area contributed by atoms with Gasteiger partial charge in [-0.05, 0) is 54.7 Å². The van der Waals surface area contributed by atoms with E-state index >= 15 is 0 Å². The fraction of sp³-hybridized carbons (Fsp3) is 0.350. The minimum Gasteiger partial charge on any atom is -0.319 e. The van der Waals surface area contributed by atoms with Crippen molar-refractivity contribution in [1.82, 2.24) is 4.31 Å². The van der Waals surface area contributed by atoms with Gasteiger partial charge in [0.15, 0.2) is 0 Å². The predicted molar refractivity (Wildman–Crippen MR) is 102 cm³/mol. The van der Waals surface area contributed by atoms with Crippen molar-refractivity contribution in [3.63, 3.8) is 0 Å². The Morgan fingerprint density at radius 1 is 1.04 bits per heavy atom. The Labute approximate surface area is 159 Å². The van der Waals surface area contributed by atoms with Crippen molar-refractivity contribution >= 4 is 21.6 Å². The molecule has 5 nitrogen and oxygen atoms in total. The average molecular weight is 390 g/mol. The first-order valence-corrected chi connectivity index (χ1v) is 10.4. The van der Waals surface area contributed by atoms with Gasteiger partial charge in [-0.15, -0.1) is 0 Å². The third-order valence-corrected chi connectivity index (χ3v) is 6.56. The molecule has 1 aliphatic heterocycles. The van der Waals surface area contributed by atoms with Crippen molar-refractivity contribution in [2.45, 2.75) is 25.2 Å². The van der Waals surface area contributed by atoms with Crippen LogP contribution in [0.1, 0.15) is 30.6 Å². The largest absolute Gasteiger partial charge is 0.319 e. The van der Waals surface area contributed by atoms with E-state index in [1.807, 2.05) is 13.8 Å². The summed E-state index contributed by atoms with van der Waals surface area (Å²) in [5.41, 5.74) is 0.341. The number of benzene rings is 2. The van der Waals surface area contributed by atoms with Gasteiger partial charge in [-0.1, -0.05) is 26.0 Å². The number of carbonyl (C=O) groups is 1. The van der Waals surface area contributed by atoms with Gasteiger partial charge in [-0.25, -0.2) is 12.8 Å². The maximum atomic E-state index is 13.7. The van der Waals surface area contributed by atoms with E-state index in [1.54, 1.807) is 6.07 Å². The van der Waals surface area contributed by atoms with Gasteiger partial charge in [0.05, 0.1) is 10.6 Å². The molecule has 0 aliphatic carbocycles. The molecular formula is C20H23FN2O3S. The smallest absolute Gasteiger partial charge is 0.255 e. The molecule has 2 aromatic carbocycles. The highest BCUT2D eigenvalue weighted by atomic mass is 32.2. The number of sulfonamides is 1. The number of nitrogens with one attached hydrogen (secondary N) is 1. The van der Waals surface area contributed by atoms with Crippen LogP contribution in [0.15, 0.2) is 53.4 Å². The van der Waals surface area contributed by atoms with Crippen molar-refractivity contribution in [3.05, 3.63) is 59.9 Å². The minimum absolute atomic E-state index is 0.0792. The summed E-state index contributed by atoms with van der Waals surface area (Å²) in [6, 6.07) is 11.6. The summed E-state index contributed by atoms with van der Waals surface area (Å²) >= 11 is 0. The van der Waals surface area contributed by atoms with Crippen molar-refractivity contribution in [2.24, 2.45) is 11.8 Å². The summed E-state index contributed by atoms with van der Waals surface area (Å²) in [7, 11) is -3.59. The molecule has 1 amide bonds. The number of hydrogen-bond acceptors (Lipinski definition) is 3. The van der Waals surface area contributed by atoms with Crippen LogP contribution in [0, 0.1) is 17.7 Å². The zero-order chi connectivity index (χ0) is 19.6. The molecule has 1 saturated heterocycles. The van der Waals surface area contributed by atoms with Crippen molar-refractivity contribution < 1.29 is 17.6 Å². The molecule has 3 rings (SSSR count). The van der Waals surface area contributed by atoms with Crippen LogP contribution in [0.25, 0.3) is 0 Å². The third-order valence-electron chi connectivity index (χ3n) is 4.71. The molecule has 1 N–H and O–H groups in total. The number of anilines is 1. The molecule has 0 bridgehead atoms. The number of rotatable bonds is 4.